The number of nitrogens with one attached hydrogen (secondary N) is 1. The maximum Gasteiger partial charge on any atom is 0.416 e. The second-order valence-corrected chi connectivity index (χ2v) is 5.13. The average molecular weight is 353 g/mol. The minimum atomic E-state index is -4.45. The Morgan fingerprint density at radius 3 is 2.56 bits per heavy atom. The normalized spacial score (nSPS) is 11.0. The molecule has 0 atom stereocenters. The Labute approximate surface area is 143 Å². The third-order valence-electron chi connectivity index (χ3n) is 3.28. The third kappa shape index (κ3) is 5.70. The number of carbonyl (C=O) groups is 1. The zero-order valence-electron chi connectivity index (χ0n) is 13.6. The van der Waals surface area contributed by atoms with Crippen LogP contribution in [-0.2, 0) is 17.5 Å². The summed E-state index contributed by atoms with van der Waals surface area (Å²) in [5.74, 6) is 0.215. The van der Waals surface area contributed by atoms with Crippen LogP contribution in [-0.4, -0.2) is 19.1 Å². The number of benzene rings is 2. The fourth-order valence-corrected chi connectivity index (χ4v) is 2.10. The molecule has 2 aromatic carbocycles. The van der Waals surface area contributed by atoms with Gasteiger partial charge in [-0.2, -0.15) is 13.2 Å². The van der Waals surface area contributed by atoms with Crippen molar-refractivity contribution in [3.05, 3.63) is 59.7 Å². The predicted molar refractivity (Wildman–Crippen MR) is 86.4 cm³/mol. The van der Waals surface area contributed by atoms with E-state index in [1.165, 1.54) is 12.1 Å². The molecular weight excluding hydrogens is 335 g/mol. The fourth-order valence-electron chi connectivity index (χ4n) is 2.10. The maximum atomic E-state index is 12.6. The topological polar surface area (TPSA) is 47.6 Å². The minimum absolute atomic E-state index is 0.0142. The Bertz CT molecular complexity index is 717. The van der Waals surface area contributed by atoms with Gasteiger partial charge in [0.25, 0.3) is 5.91 Å². The van der Waals surface area contributed by atoms with Crippen LogP contribution in [0.5, 0.6) is 11.5 Å². The van der Waals surface area contributed by atoms with Crippen LogP contribution in [0.3, 0.4) is 0 Å². The lowest BCUT2D eigenvalue weighted by Crippen LogP contribution is -2.28. The highest BCUT2D eigenvalue weighted by atomic mass is 19.4. The molecule has 0 bridgehead atoms. The first-order chi connectivity index (χ1) is 11.9. The summed E-state index contributed by atoms with van der Waals surface area (Å²) in [4.78, 5) is 11.8. The molecule has 7 heteroatoms. The van der Waals surface area contributed by atoms with Gasteiger partial charge in [0, 0.05) is 12.1 Å². The summed E-state index contributed by atoms with van der Waals surface area (Å²) in [7, 11) is 0. The first-order valence-corrected chi connectivity index (χ1v) is 7.67. The van der Waals surface area contributed by atoms with Crippen molar-refractivity contribution in [3.8, 4) is 11.5 Å². The molecule has 0 saturated heterocycles. The van der Waals surface area contributed by atoms with E-state index in [9.17, 15) is 18.0 Å². The second kappa shape index (κ2) is 8.41. The summed E-state index contributed by atoms with van der Waals surface area (Å²) in [6.45, 7) is 2.22. The van der Waals surface area contributed by atoms with Gasteiger partial charge in [0.2, 0.25) is 0 Å². The van der Waals surface area contributed by atoms with Crippen molar-refractivity contribution in [2.75, 3.05) is 13.2 Å². The highest BCUT2D eigenvalue weighted by Crippen LogP contribution is 2.31. The lowest BCUT2D eigenvalue weighted by atomic mass is 10.2. The van der Waals surface area contributed by atoms with Crippen molar-refractivity contribution in [1.82, 2.24) is 5.32 Å². The minimum Gasteiger partial charge on any atom is -0.494 e. The Kier molecular flexibility index (Phi) is 6.27. The Morgan fingerprint density at radius 2 is 1.84 bits per heavy atom. The number of carbonyl (C=O) groups excluding carboxylic acids is 1. The maximum absolute atomic E-state index is 12.6. The van der Waals surface area contributed by atoms with Gasteiger partial charge < -0.3 is 14.8 Å². The lowest BCUT2D eigenvalue weighted by molar-refractivity contribution is -0.137. The molecule has 1 amide bonds. The molecule has 0 radical (unpaired) electrons. The van der Waals surface area contributed by atoms with E-state index in [1.807, 2.05) is 25.1 Å². The molecule has 25 heavy (non-hydrogen) atoms. The van der Waals surface area contributed by atoms with Gasteiger partial charge in [-0.3, -0.25) is 4.79 Å². The summed E-state index contributed by atoms with van der Waals surface area (Å²) < 4.78 is 48.5. The molecule has 0 aromatic heterocycles. The zero-order chi connectivity index (χ0) is 18.3. The van der Waals surface area contributed by atoms with Gasteiger partial charge in [0.1, 0.15) is 11.5 Å². The van der Waals surface area contributed by atoms with Crippen LogP contribution >= 0.6 is 0 Å². The van der Waals surface area contributed by atoms with Crippen molar-refractivity contribution in [2.45, 2.75) is 19.6 Å². The van der Waals surface area contributed by atoms with E-state index in [0.29, 0.717) is 12.4 Å². The number of ether oxygens (including phenoxy) is 2. The zero-order valence-corrected chi connectivity index (χ0v) is 13.6. The highest BCUT2D eigenvalue weighted by Gasteiger charge is 2.30. The Balaban J connectivity index is 1.87. The third-order valence-corrected chi connectivity index (χ3v) is 3.28. The van der Waals surface area contributed by atoms with Crippen molar-refractivity contribution in [2.24, 2.45) is 0 Å². The monoisotopic (exact) mass is 353 g/mol. The molecule has 2 aromatic rings. The van der Waals surface area contributed by atoms with Crippen LogP contribution in [0.4, 0.5) is 13.2 Å². The second-order valence-electron chi connectivity index (χ2n) is 5.13. The van der Waals surface area contributed by atoms with Crippen molar-refractivity contribution >= 4 is 5.91 Å². The lowest BCUT2D eigenvalue weighted by Gasteiger charge is -2.12. The molecular formula is C18H18F3NO3. The first kappa shape index (κ1) is 18.6. The smallest absolute Gasteiger partial charge is 0.416 e. The molecule has 0 aliphatic carbocycles. The van der Waals surface area contributed by atoms with Gasteiger partial charge >= 0.3 is 6.18 Å². The largest absolute Gasteiger partial charge is 0.494 e. The number of halogens is 3. The van der Waals surface area contributed by atoms with Crippen LogP contribution in [0.25, 0.3) is 0 Å². The molecule has 0 spiro atoms. The summed E-state index contributed by atoms with van der Waals surface area (Å²) in [6, 6.07) is 11.7. The fraction of sp³-hybridized carbons (Fsp3) is 0.278. The van der Waals surface area contributed by atoms with E-state index >= 15 is 0 Å². The standard InChI is InChI=1S/C18H18F3NO3/c1-2-24-16-9-4-3-6-13(16)11-22-17(23)12-25-15-8-5-7-14(10-15)18(19,20)21/h3-10H,2,11-12H2,1H3,(H,22,23). The first-order valence-electron chi connectivity index (χ1n) is 7.67. The molecule has 2 rings (SSSR count). The summed E-state index contributed by atoms with van der Waals surface area (Å²) in [5.41, 5.74) is -0.0205. The van der Waals surface area contributed by atoms with Crippen molar-refractivity contribution in [3.63, 3.8) is 0 Å². The Morgan fingerprint density at radius 1 is 1.08 bits per heavy atom. The number of amides is 1. The van der Waals surface area contributed by atoms with E-state index in [-0.39, 0.29) is 18.9 Å². The Hall–Kier alpha value is -2.70. The number of hydrogen-bond donors (Lipinski definition) is 1. The number of alkyl halides is 3. The van der Waals surface area contributed by atoms with Gasteiger partial charge in [-0.15, -0.1) is 0 Å². The van der Waals surface area contributed by atoms with E-state index < -0.39 is 17.6 Å². The predicted octanol–water partition coefficient (Wildman–Crippen LogP) is 3.80. The van der Waals surface area contributed by atoms with Crippen LogP contribution in [0.1, 0.15) is 18.1 Å². The summed E-state index contributed by atoms with van der Waals surface area (Å²) in [6.07, 6.45) is -4.45. The molecule has 0 saturated carbocycles. The van der Waals surface area contributed by atoms with Gasteiger partial charge in [-0.05, 0) is 31.2 Å². The number of para-hydroxylation sites is 1. The van der Waals surface area contributed by atoms with Gasteiger partial charge in [-0.25, -0.2) is 0 Å². The van der Waals surface area contributed by atoms with Crippen LogP contribution in [0.15, 0.2) is 48.5 Å². The average Bonchev–Trinajstić information content (AvgIpc) is 2.59. The molecule has 0 heterocycles. The van der Waals surface area contributed by atoms with Crippen LogP contribution in [0, 0.1) is 0 Å². The van der Waals surface area contributed by atoms with E-state index in [4.69, 9.17) is 9.47 Å². The van der Waals surface area contributed by atoms with E-state index in [1.54, 1.807) is 6.07 Å². The molecule has 0 fully saturated rings. The number of rotatable bonds is 7. The number of hydrogen-bond acceptors (Lipinski definition) is 3. The van der Waals surface area contributed by atoms with Gasteiger partial charge in [-0.1, -0.05) is 24.3 Å². The molecule has 4 nitrogen and oxygen atoms in total. The summed E-state index contributed by atoms with van der Waals surface area (Å²) >= 11 is 0. The summed E-state index contributed by atoms with van der Waals surface area (Å²) in [5, 5.41) is 2.65. The van der Waals surface area contributed by atoms with Gasteiger partial charge in [0.15, 0.2) is 6.61 Å². The van der Waals surface area contributed by atoms with Crippen LogP contribution < -0.4 is 14.8 Å². The van der Waals surface area contributed by atoms with Crippen LogP contribution in [0.2, 0.25) is 0 Å². The van der Waals surface area contributed by atoms with Crippen molar-refractivity contribution < 1.29 is 27.4 Å². The van der Waals surface area contributed by atoms with Gasteiger partial charge in [0.05, 0.1) is 12.2 Å². The molecule has 0 aliphatic heterocycles. The highest BCUT2D eigenvalue weighted by molar-refractivity contribution is 5.77. The van der Waals surface area contributed by atoms with E-state index in [2.05, 4.69) is 5.32 Å². The molecule has 0 aliphatic rings. The molecule has 1 N–H and O–H groups in total. The van der Waals surface area contributed by atoms with E-state index in [0.717, 1.165) is 17.7 Å². The van der Waals surface area contributed by atoms with Crippen molar-refractivity contribution in [1.29, 1.82) is 0 Å². The molecule has 134 valence electrons. The quantitative estimate of drug-likeness (QED) is 0.824. The molecule has 0 unspecified atom stereocenters. The SMILES string of the molecule is CCOc1ccccc1CNC(=O)COc1cccc(C(F)(F)F)c1.